The van der Waals surface area contributed by atoms with Gasteiger partial charge in [-0.1, -0.05) is 12.1 Å². The van der Waals surface area contributed by atoms with E-state index in [-0.39, 0.29) is 17.4 Å². The van der Waals surface area contributed by atoms with Crippen molar-refractivity contribution < 1.29 is 18.4 Å². The van der Waals surface area contributed by atoms with Crippen LogP contribution in [0.15, 0.2) is 28.7 Å². The van der Waals surface area contributed by atoms with E-state index in [2.05, 4.69) is 4.98 Å². The van der Waals surface area contributed by atoms with Crippen molar-refractivity contribution in [2.75, 3.05) is 14.2 Å². The molecule has 2 aromatic rings. The van der Waals surface area contributed by atoms with E-state index < -0.39 is 0 Å². The normalized spacial score (nSPS) is 10.6. The number of oxazole rings is 1. The minimum absolute atomic E-state index is 0.205. The molecule has 106 valence electrons. The molecular weight excluding hydrogens is 263 g/mol. The van der Waals surface area contributed by atoms with Crippen molar-refractivity contribution in [3.8, 4) is 0 Å². The summed E-state index contributed by atoms with van der Waals surface area (Å²) in [6.45, 7) is 1.66. The van der Waals surface area contributed by atoms with E-state index in [1.165, 1.54) is 26.3 Å². The molecule has 1 heterocycles. The van der Waals surface area contributed by atoms with Gasteiger partial charge in [0.25, 0.3) is 5.91 Å². The number of nitrogens with zero attached hydrogens (tertiary/aromatic N) is 2. The number of rotatable bonds is 4. The fourth-order valence-electron chi connectivity index (χ4n) is 1.78. The topological polar surface area (TPSA) is 55.6 Å². The first-order valence-electron chi connectivity index (χ1n) is 6.04. The Morgan fingerprint density at radius 2 is 2.05 bits per heavy atom. The van der Waals surface area contributed by atoms with E-state index in [0.717, 1.165) is 10.6 Å². The van der Waals surface area contributed by atoms with Crippen molar-refractivity contribution in [1.82, 2.24) is 10.0 Å². The third-order valence-corrected chi connectivity index (χ3v) is 2.84. The van der Waals surface area contributed by atoms with Gasteiger partial charge in [-0.05, 0) is 17.7 Å². The number of aromatic nitrogens is 1. The molecule has 0 atom stereocenters. The van der Waals surface area contributed by atoms with Crippen LogP contribution in [-0.4, -0.2) is 30.1 Å². The summed E-state index contributed by atoms with van der Waals surface area (Å²) in [6, 6.07) is 6.01. The van der Waals surface area contributed by atoms with Gasteiger partial charge >= 0.3 is 0 Å². The number of hydrogen-bond donors (Lipinski definition) is 0. The molecule has 2 rings (SSSR count). The van der Waals surface area contributed by atoms with E-state index >= 15 is 0 Å². The molecule has 5 nitrogen and oxygen atoms in total. The van der Waals surface area contributed by atoms with Crippen LogP contribution in [-0.2, 0) is 11.3 Å². The molecule has 0 saturated carbocycles. The summed E-state index contributed by atoms with van der Waals surface area (Å²) in [6.07, 6.45) is 0.361. The van der Waals surface area contributed by atoms with Gasteiger partial charge in [0.2, 0.25) is 0 Å². The molecule has 0 aliphatic heterocycles. The number of benzene rings is 1. The Labute approximate surface area is 115 Å². The molecular formula is C14H15FN2O3. The third kappa shape index (κ3) is 3.03. The first kappa shape index (κ1) is 14.2. The monoisotopic (exact) mass is 278 g/mol. The van der Waals surface area contributed by atoms with Gasteiger partial charge in [-0.3, -0.25) is 9.63 Å². The SMILES string of the molecule is CON(C)C(=O)c1nc(C)oc1Cc1ccc(F)cc1. The summed E-state index contributed by atoms with van der Waals surface area (Å²) in [5, 5.41) is 1.07. The van der Waals surface area contributed by atoms with Gasteiger partial charge in [0, 0.05) is 20.4 Å². The molecule has 0 aliphatic carbocycles. The summed E-state index contributed by atoms with van der Waals surface area (Å²) in [5.74, 6) is 0.136. The molecule has 0 aliphatic rings. The molecule has 0 spiro atoms. The van der Waals surface area contributed by atoms with E-state index in [1.54, 1.807) is 19.1 Å². The highest BCUT2D eigenvalue weighted by Gasteiger charge is 2.22. The maximum absolute atomic E-state index is 12.9. The number of hydrogen-bond acceptors (Lipinski definition) is 4. The molecule has 0 saturated heterocycles. The lowest BCUT2D eigenvalue weighted by atomic mass is 10.1. The van der Waals surface area contributed by atoms with Gasteiger partial charge in [-0.25, -0.2) is 14.4 Å². The first-order chi connectivity index (χ1) is 9.51. The van der Waals surface area contributed by atoms with Crippen LogP contribution >= 0.6 is 0 Å². The fourth-order valence-corrected chi connectivity index (χ4v) is 1.78. The number of hydroxylamine groups is 2. The largest absolute Gasteiger partial charge is 0.445 e. The second-order valence-corrected chi connectivity index (χ2v) is 4.29. The Kier molecular flexibility index (Phi) is 4.14. The number of aryl methyl sites for hydroxylation is 1. The molecule has 0 N–H and O–H groups in total. The van der Waals surface area contributed by atoms with Gasteiger partial charge in [0.05, 0.1) is 7.11 Å². The predicted molar refractivity (Wildman–Crippen MR) is 69.5 cm³/mol. The molecule has 20 heavy (non-hydrogen) atoms. The second kappa shape index (κ2) is 5.83. The van der Waals surface area contributed by atoms with Gasteiger partial charge in [-0.2, -0.15) is 0 Å². The molecule has 0 fully saturated rings. The number of halogens is 1. The fraction of sp³-hybridized carbons (Fsp3) is 0.286. The van der Waals surface area contributed by atoms with E-state index in [0.29, 0.717) is 18.1 Å². The van der Waals surface area contributed by atoms with E-state index in [4.69, 9.17) is 9.25 Å². The second-order valence-electron chi connectivity index (χ2n) is 4.29. The highest BCUT2D eigenvalue weighted by molar-refractivity contribution is 5.92. The summed E-state index contributed by atoms with van der Waals surface area (Å²) >= 11 is 0. The average Bonchev–Trinajstić information content (AvgIpc) is 2.80. The van der Waals surface area contributed by atoms with E-state index in [1.807, 2.05) is 0 Å². The Balaban J connectivity index is 2.28. The lowest BCUT2D eigenvalue weighted by Gasteiger charge is -2.12. The molecule has 1 aromatic carbocycles. The number of carbonyl (C=O) groups excluding carboxylic acids is 1. The standard InChI is InChI=1S/C14H15FN2O3/c1-9-16-13(14(18)17(2)19-3)12(20-9)8-10-4-6-11(15)7-5-10/h4-7H,8H2,1-3H3. The first-order valence-corrected chi connectivity index (χ1v) is 6.04. The Morgan fingerprint density at radius 3 is 2.65 bits per heavy atom. The highest BCUT2D eigenvalue weighted by Crippen LogP contribution is 2.17. The minimum Gasteiger partial charge on any atom is -0.445 e. The summed E-state index contributed by atoms with van der Waals surface area (Å²) in [7, 11) is 2.89. The van der Waals surface area contributed by atoms with Gasteiger partial charge in [0.1, 0.15) is 11.6 Å². The summed E-state index contributed by atoms with van der Waals surface area (Å²) in [5.41, 5.74) is 1.04. The molecule has 6 heteroatoms. The zero-order valence-electron chi connectivity index (χ0n) is 11.5. The molecule has 0 unspecified atom stereocenters. The van der Waals surface area contributed by atoms with Crippen LogP contribution in [0.1, 0.15) is 27.7 Å². The van der Waals surface area contributed by atoms with Crippen LogP contribution in [0.4, 0.5) is 4.39 Å². The number of carbonyl (C=O) groups is 1. The van der Waals surface area contributed by atoms with Crippen molar-refractivity contribution in [2.24, 2.45) is 0 Å². The van der Waals surface area contributed by atoms with Crippen molar-refractivity contribution in [3.63, 3.8) is 0 Å². The average molecular weight is 278 g/mol. The van der Waals surface area contributed by atoms with Gasteiger partial charge in [-0.15, -0.1) is 0 Å². The Bertz CT molecular complexity index is 607. The van der Waals surface area contributed by atoms with Crippen LogP contribution in [0.2, 0.25) is 0 Å². The van der Waals surface area contributed by atoms with Gasteiger partial charge < -0.3 is 4.42 Å². The van der Waals surface area contributed by atoms with Crippen LogP contribution in [0, 0.1) is 12.7 Å². The van der Waals surface area contributed by atoms with Crippen LogP contribution in [0.25, 0.3) is 0 Å². The maximum Gasteiger partial charge on any atom is 0.299 e. The lowest BCUT2D eigenvalue weighted by Crippen LogP contribution is -2.26. The van der Waals surface area contributed by atoms with Gasteiger partial charge in [0.15, 0.2) is 11.6 Å². The molecule has 0 bridgehead atoms. The third-order valence-electron chi connectivity index (χ3n) is 2.84. The van der Waals surface area contributed by atoms with Crippen LogP contribution in [0.3, 0.4) is 0 Å². The van der Waals surface area contributed by atoms with Crippen molar-refractivity contribution in [2.45, 2.75) is 13.3 Å². The zero-order chi connectivity index (χ0) is 14.7. The van der Waals surface area contributed by atoms with Crippen LogP contribution < -0.4 is 0 Å². The summed E-state index contributed by atoms with van der Waals surface area (Å²) in [4.78, 5) is 21.0. The minimum atomic E-state index is -0.388. The lowest BCUT2D eigenvalue weighted by molar-refractivity contribution is -0.0761. The molecule has 1 amide bonds. The number of amides is 1. The van der Waals surface area contributed by atoms with Crippen LogP contribution in [0.5, 0.6) is 0 Å². The van der Waals surface area contributed by atoms with Crippen molar-refractivity contribution >= 4 is 5.91 Å². The smallest absolute Gasteiger partial charge is 0.299 e. The quantitative estimate of drug-likeness (QED) is 0.805. The maximum atomic E-state index is 12.9. The van der Waals surface area contributed by atoms with Crippen molar-refractivity contribution in [3.05, 3.63) is 53.0 Å². The Morgan fingerprint density at radius 1 is 1.40 bits per heavy atom. The predicted octanol–water partition coefficient (Wildman–Crippen LogP) is 2.35. The highest BCUT2D eigenvalue weighted by atomic mass is 19.1. The van der Waals surface area contributed by atoms with Crippen molar-refractivity contribution in [1.29, 1.82) is 0 Å². The summed E-state index contributed by atoms with van der Waals surface area (Å²) < 4.78 is 18.3. The molecule has 1 aromatic heterocycles. The zero-order valence-corrected chi connectivity index (χ0v) is 11.5. The Hall–Kier alpha value is -2.21. The van der Waals surface area contributed by atoms with E-state index in [9.17, 15) is 9.18 Å². The molecule has 0 radical (unpaired) electrons.